The summed E-state index contributed by atoms with van der Waals surface area (Å²) in [6.45, 7) is 9.94. The van der Waals surface area contributed by atoms with Gasteiger partial charge in [0.15, 0.2) is 0 Å². The van der Waals surface area contributed by atoms with Gasteiger partial charge in [-0.1, -0.05) is 48.5 Å². The van der Waals surface area contributed by atoms with Crippen molar-refractivity contribution in [3.63, 3.8) is 0 Å². The molecule has 0 bridgehead atoms. The number of rotatable bonds is 22. The molecule has 4 atom stereocenters. The fraction of sp³-hybridized carbons (Fsp3) is 0.400. The van der Waals surface area contributed by atoms with Gasteiger partial charge in [-0.3, -0.25) is 0 Å². The third-order valence-electron chi connectivity index (χ3n) is 7.87. The molecule has 6 rings (SSSR count). The van der Waals surface area contributed by atoms with E-state index in [0.717, 1.165) is 58.5 Å². The van der Waals surface area contributed by atoms with Crippen LogP contribution in [0.3, 0.4) is 0 Å². The maximum Gasteiger partial charge on any atom is 0.119 e. The highest BCUT2D eigenvalue weighted by Gasteiger charge is 2.22. The van der Waals surface area contributed by atoms with Crippen molar-refractivity contribution >= 4 is 0 Å². The summed E-state index contributed by atoms with van der Waals surface area (Å²) < 4.78 is 50.9. The van der Waals surface area contributed by atoms with Crippen molar-refractivity contribution in [3.05, 3.63) is 97.1 Å². The summed E-state index contributed by atoms with van der Waals surface area (Å²) in [5.41, 5.74) is 4.43. The first-order valence-electron chi connectivity index (χ1n) is 17.0. The number of benzene rings is 4. The van der Waals surface area contributed by atoms with E-state index in [1.807, 2.05) is 62.4 Å². The first kappa shape index (κ1) is 34.7. The van der Waals surface area contributed by atoms with Gasteiger partial charge in [0.1, 0.15) is 60.6 Å². The molecule has 260 valence electrons. The van der Waals surface area contributed by atoms with Gasteiger partial charge in [0, 0.05) is 0 Å². The lowest BCUT2D eigenvalue weighted by Gasteiger charge is -2.18. The Labute approximate surface area is 288 Å². The van der Waals surface area contributed by atoms with Crippen LogP contribution in [-0.4, -0.2) is 90.5 Å². The second kappa shape index (κ2) is 18.0. The van der Waals surface area contributed by atoms with Crippen LogP contribution in [0.1, 0.15) is 13.8 Å². The van der Waals surface area contributed by atoms with E-state index >= 15 is 0 Å². The lowest BCUT2D eigenvalue weighted by atomic mass is 10.1. The minimum absolute atomic E-state index is 0.109. The van der Waals surface area contributed by atoms with Crippen LogP contribution in [0.25, 0.3) is 22.3 Å². The summed E-state index contributed by atoms with van der Waals surface area (Å²) in [6.07, 6.45) is 0.338. The molecule has 2 saturated heterocycles. The largest absolute Gasteiger partial charge is 0.491 e. The second-order valence-electron chi connectivity index (χ2n) is 12.2. The molecule has 2 heterocycles. The maximum absolute atomic E-state index is 6.09. The summed E-state index contributed by atoms with van der Waals surface area (Å²) in [4.78, 5) is 0. The molecule has 0 saturated carbocycles. The van der Waals surface area contributed by atoms with E-state index in [-0.39, 0.29) is 24.4 Å². The Morgan fingerprint density at radius 1 is 0.469 bits per heavy atom. The van der Waals surface area contributed by atoms with Gasteiger partial charge in [-0.25, -0.2) is 0 Å². The zero-order valence-electron chi connectivity index (χ0n) is 28.3. The van der Waals surface area contributed by atoms with E-state index in [0.29, 0.717) is 52.9 Å². The zero-order valence-corrected chi connectivity index (χ0v) is 28.3. The fourth-order valence-electron chi connectivity index (χ4n) is 5.07. The van der Waals surface area contributed by atoms with E-state index < -0.39 is 0 Å². The molecule has 0 N–H and O–H groups in total. The molecule has 4 aromatic rings. The predicted octanol–water partition coefficient (Wildman–Crippen LogP) is 6.86. The molecule has 9 heteroatoms. The van der Waals surface area contributed by atoms with E-state index in [9.17, 15) is 0 Å². The topological polar surface area (TPSA) is 89.7 Å². The Bertz CT molecular complexity index is 1400. The van der Waals surface area contributed by atoms with Crippen LogP contribution in [0.5, 0.6) is 23.0 Å². The van der Waals surface area contributed by atoms with Gasteiger partial charge in [-0.2, -0.15) is 0 Å². The molecule has 0 radical (unpaired) electrons. The van der Waals surface area contributed by atoms with Crippen molar-refractivity contribution in [2.45, 2.75) is 38.3 Å². The molecule has 49 heavy (non-hydrogen) atoms. The lowest BCUT2D eigenvalue weighted by molar-refractivity contribution is 0.0188. The third-order valence-corrected chi connectivity index (χ3v) is 7.87. The lowest BCUT2D eigenvalue weighted by Crippen LogP contribution is -2.25. The Balaban J connectivity index is 0.848. The number of hydrogen-bond acceptors (Lipinski definition) is 9. The molecule has 0 spiro atoms. The van der Waals surface area contributed by atoms with Crippen molar-refractivity contribution in [1.29, 1.82) is 0 Å². The minimum Gasteiger partial charge on any atom is -0.491 e. The van der Waals surface area contributed by atoms with Crippen LogP contribution in [0.15, 0.2) is 97.1 Å². The fourth-order valence-corrected chi connectivity index (χ4v) is 5.07. The van der Waals surface area contributed by atoms with Crippen molar-refractivity contribution < 1.29 is 42.6 Å². The van der Waals surface area contributed by atoms with Crippen LogP contribution in [0, 0.1) is 0 Å². The summed E-state index contributed by atoms with van der Waals surface area (Å²) in [7, 11) is 0. The molecule has 0 aliphatic carbocycles. The molecule has 2 aliphatic heterocycles. The van der Waals surface area contributed by atoms with Crippen LogP contribution < -0.4 is 18.9 Å². The maximum atomic E-state index is 6.09. The molecular weight excluding hydrogens is 624 g/mol. The number of epoxide rings is 2. The summed E-state index contributed by atoms with van der Waals surface area (Å²) in [5.74, 6) is 3.24. The van der Waals surface area contributed by atoms with Gasteiger partial charge in [-0.05, 0) is 84.6 Å². The standard InChI is InChI=1S/C40H46O9/c1-29(48-37-15-7-33(8-16-37)31-3-11-35(12-4-31)44-21-19-41-25-39-27-46-39)23-43-24-30(2)49-38-17-9-34(10-18-38)32-5-13-36(14-6-32)45-22-20-42-26-40-28-47-40/h3-18,29-30,39-40H,19-28H2,1-2H3. The van der Waals surface area contributed by atoms with Crippen molar-refractivity contribution in [3.8, 4) is 45.3 Å². The average molecular weight is 671 g/mol. The van der Waals surface area contributed by atoms with E-state index in [2.05, 4.69) is 48.5 Å². The van der Waals surface area contributed by atoms with Crippen LogP contribution in [-0.2, 0) is 23.7 Å². The first-order chi connectivity index (χ1) is 24.1. The summed E-state index contributed by atoms with van der Waals surface area (Å²) in [5, 5.41) is 0. The van der Waals surface area contributed by atoms with E-state index in [4.69, 9.17) is 42.6 Å². The Kier molecular flexibility index (Phi) is 12.8. The van der Waals surface area contributed by atoms with Gasteiger partial charge >= 0.3 is 0 Å². The van der Waals surface area contributed by atoms with Gasteiger partial charge in [0.05, 0.1) is 52.9 Å². The minimum atomic E-state index is -0.109. The van der Waals surface area contributed by atoms with Gasteiger partial charge in [0.25, 0.3) is 0 Å². The molecule has 0 amide bonds. The molecule has 4 unspecified atom stereocenters. The molecular formula is C40H46O9. The highest BCUT2D eigenvalue weighted by Crippen LogP contribution is 2.27. The Morgan fingerprint density at radius 3 is 1.12 bits per heavy atom. The normalized spacial score (nSPS) is 17.6. The Hall–Kier alpha value is -4.12. The molecule has 0 aromatic heterocycles. The van der Waals surface area contributed by atoms with Crippen molar-refractivity contribution in [2.75, 3.05) is 66.1 Å². The molecule has 2 fully saturated rings. The third kappa shape index (κ3) is 12.1. The quantitative estimate of drug-likeness (QED) is 0.0657. The van der Waals surface area contributed by atoms with Crippen LogP contribution in [0.4, 0.5) is 0 Å². The van der Waals surface area contributed by atoms with E-state index in [1.165, 1.54) is 0 Å². The van der Waals surface area contributed by atoms with Crippen LogP contribution in [0.2, 0.25) is 0 Å². The second-order valence-corrected chi connectivity index (χ2v) is 12.2. The van der Waals surface area contributed by atoms with Gasteiger partial charge in [0.2, 0.25) is 0 Å². The zero-order chi connectivity index (χ0) is 33.7. The summed E-state index contributed by atoms with van der Waals surface area (Å²) >= 11 is 0. The Morgan fingerprint density at radius 2 is 0.796 bits per heavy atom. The van der Waals surface area contributed by atoms with Gasteiger partial charge < -0.3 is 42.6 Å². The monoisotopic (exact) mass is 670 g/mol. The van der Waals surface area contributed by atoms with Crippen molar-refractivity contribution in [2.24, 2.45) is 0 Å². The van der Waals surface area contributed by atoms with Crippen molar-refractivity contribution in [1.82, 2.24) is 0 Å². The number of hydrogen-bond donors (Lipinski definition) is 0. The van der Waals surface area contributed by atoms with Crippen LogP contribution >= 0.6 is 0 Å². The van der Waals surface area contributed by atoms with Gasteiger partial charge in [-0.15, -0.1) is 0 Å². The predicted molar refractivity (Wildman–Crippen MR) is 187 cm³/mol. The smallest absolute Gasteiger partial charge is 0.119 e. The van der Waals surface area contributed by atoms with E-state index in [1.54, 1.807) is 0 Å². The number of ether oxygens (including phenoxy) is 9. The molecule has 4 aromatic carbocycles. The summed E-state index contributed by atoms with van der Waals surface area (Å²) in [6, 6.07) is 32.3. The average Bonchev–Trinajstić information content (AvgIpc) is 4.06. The SMILES string of the molecule is CC(COCC(C)Oc1ccc(-c2ccc(OCCOCC3CO3)cc2)cc1)Oc1ccc(-c2ccc(OCCOCC3CO3)cc2)cc1. The molecule has 2 aliphatic rings. The highest BCUT2D eigenvalue weighted by molar-refractivity contribution is 5.65. The molecule has 9 nitrogen and oxygen atoms in total. The first-order valence-corrected chi connectivity index (χ1v) is 17.0. The highest BCUT2D eigenvalue weighted by atomic mass is 16.6.